The van der Waals surface area contributed by atoms with Crippen LogP contribution in [0.2, 0.25) is 0 Å². The lowest BCUT2D eigenvalue weighted by Gasteiger charge is -2.34. The molecule has 1 amide bonds. The molecule has 33 heavy (non-hydrogen) atoms. The van der Waals surface area contributed by atoms with E-state index in [1.165, 1.54) is 18.2 Å². The van der Waals surface area contributed by atoms with Crippen molar-refractivity contribution >= 4 is 22.5 Å². The number of aromatic nitrogens is 3. The fraction of sp³-hybridized carbons (Fsp3) is 0.440. The minimum atomic E-state index is -0.443. The van der Waals surface area contributed by atoms with Crippen LogP contribution in [-0.4, -0.2) is 50.7 Å². The molecule has 0 saturated carbocycles. The highest BCUT2D eigenvalue weighted by atomic mass is 16.2. The summed E-state index contributed by atoms with van der Waals surface area (Å²) >= 11 is 0. The Balaban J connectivity index is 1.59. The first-order chi connectivity index (χ1) is 15.7. The van der Waals surface area contributed by atoms with E-state index in [0.717, 1.165) is 18.8 Å². The van der Waals surface area contributed by atoms with Gasteiger partial charge in [0.2, 0.25) is 0 Å². The molecule has 1 saturated heterocycles. The molecule has 0 aliphatic carbocycles. The van der Waals surface area contributed by atoms with E-state index in [4.69, 9.17) is 0 Å². The molecule has 0 radical (unpaired) electrons. The van der Waals surface area contributed by atoms with Gasteiger partial charge in [0.1, 0.15) is 0 Å². The third-order valence-electron chi connectivity index (χ3n) is 6.43. The van der Waals surface area contributed by atoms with Gasteiger partial charge in [-0.2, -0.15) is 5.10 Å². The van der Waals surface area contributed by atoms with Crippen molar-refractivity contribution in [2.45, 2.75) is 34.1 Å². The summed E-state index contributed by atoms with van der Waals surface area (Å²) in [5.74, 6) is 0.770. The maximum absolute atomic E-state index is 13.2. The van der Waals surface area contributed by atoms with Crippen LogP contribution >= 0.6 is 0 Å². The first-order valence-electron chi connectivity index (χ1n) is 11.4. The second-order valence-corrected chi connectivity index (χ2v) is 9.45. The van der Waals surface area contributed by atoms with Crippen LogP contribution in [0.25, 0.3) is 10.8 Å². The van der Waals surface area contributed by atoms with Crippen LogP contribution in [0.5, 0.6) is 0 Å². The summed E-state index contributed by atoms with van der Waals surface area (Å²) in [5, 5.41) is 5.12. The topological polar surface area (TPSA) is 89.2 Å². The molecule has 0 bridgehead atoms. The standard InChI is InChI=1S/C25H31N5O3/c1-15-10-16(2)13-29(12-15)14-22(31)21-11-17(3)30(18(21)4)27-24(32)23-19-8-6-7-9-20(19)25(33)28(5)26-23/h6-9,11,15-16H,10,12-14H2,1-5H3,(H,27,32)/t15-,16-/m0/s1. The molecule has 1 aromatic carbocycles. The summed E-state index contributed by atoms with van der Waals surface area (Å²) in [6.45, 7) is 10.4. The number of Topliss-reactive ketones (excluding diaryl/α,β-unsaturated/α-hetero) is 1. The van der Waals surface area contributed by atoms with Gasteiger partial charge in [-0.05, 0) is 44.2 Å². The second kappa shape index (κ2) is 8.94. The van der Waals surface area contributed by atoms with E-state index in [1.807, 2.05) is 19.9 Å². The van der Waals surface area contributed by atoms with Crippen molar-refractivity contribution in [2.75, 3.05) is 25.1 Å². The van der Waals surface area contributed by atoms with Crippen molar-refractivity contribution in [3.63, 3.8) is 0 Å². The second-order valence-electron chi connectivity index (χ2n) is 9.45. The van der Waals surface area contributed by atoms with Gasteiger partial charge in [0, 0.05) is 42.5 Å². The van der Waals surface area contributed by atoms with Gasteiger partial charge in [0.15, 0.2) is 11.5 Å². The van der Waals surface area contributed by atoms with Gasteiger partial charge >= 0.3 is 0 Å². The van der Waals surface area contributed by atoms with Gasteiger partial charge in [-0.3, -0.25) is 29.4 Å². The lowest BCUT2D eigenvalue weighted by Crippen LogP contribution is -2.41. The molecule has 8 heteroatoms. The zero-order chi connectivity index (χ0) is 23.9. The van der Waals surface area contributed by atoms with Gasteiger partial charge in [0.05, 0.1) is 11.9 Å². The molecular formula is C25H31N5O3. The molecule has 8 nitrogen and oxygen atoms in total. The highest BCUT2D eigenvalue weighted by molar-refractivity contribution is 6.08. The highest BCUT2D eigenvalue weighted by Crippen LogP contribution is 2.22. The Morgan fingerprint density at radius 2 is 1.73 bits per heavy atom. The van der Waals surface area contributed by atoms with Crippen molar-refractivity contribution in [1.29, 1.82) is 0 Å². The first kappa shape index (κ1) is 22.9. The molecular weight excluding hydrogens is 418 g/mol. The number of fused-ring (bicyclic) bond motifs is 1. The summed E-state index contributed by atoms with van der Waals surface area (Å²) in [4.78, 5) is 40.9. The van der Waals surface area contributed by atoms with E-state index < -0.39 is 5.91 Å². The number of carbonyl (C=O) groups excluding carboxylic acids is 2. The predicted octanol–water partition coefficient (Wildman–Crippen LogP) is 2.90. The van der Waals surface area contributed by atoms with E-state index in [-0.39, 0.29) is 17.0 Å². The zero-order valence-corrected chi connectivity index (χ0v) is 19.9. The van der Waals surface area contributed by atoms with Crippen molar-refractivity contribution < 1.29 is 9.59 Å². The number of carbonyl (C=O) groups is 2. The fourth-order valence-corrected chi connectivity index (χ4v) is 5.05. The maximum Gasteiger partial charge on any atom is 0.291 e. The summed E-state index contributed by atoms with van der Waals surface area (Å²) in [5.41, 5.74) is 4.79. The number of likely N-dealkylation sites (tertiary alicyclic amines) is 1. The SMILES string of the molecule is Cc1cc(C(=O)CN2C[C@@H](C)C[C@H](C)C2)c(C)n1NC(=O)c1nn(C)c(=O)c2ccccc12. The number of hydrogen-bond donors (Lipinski definition) is 1. The van der Waals surface area contributed by atoms with Crippen molar-refractivity contribution in [1.82, 2.24) is 19.4 Å². The highest BCUT2D eigenvalue weighted by Gasteiger charge is 2.26. The average molecular weight is 450 g/mol. The number of rotatable bonds is 5. The monoisotopic (exact) mass is 449 g/mol. The molecule has 2 atom stereocenters. The average Bonchev–Trinajstić information content (AvgIpc) is 3.04. The van der Waals surface area contributed by atoms with E-state index in [2.05, 4.69) is 29.3 Å². The zero-order valence-electron chi connectivity index (χ0n) is 19.9. The van der Waals surface area contributed by atoms with Gasteiger partial charge < -0.3 is 0 Å². The molecule has 174 valence electrons. The predicted molar refractivity (Wildman–Crippen MR) is 128 cm³/mol. The Labute approximate surface area is 193 Å². The van der Waals surface area contributed by atoms with Crippen molar-refractivity contribution in [3.05, 3.63) is 63.3 Å². The molecule has 1 aliphatic heterocycles. The number of aryl methyl sites for hydroxylation is 2. The van der Waals surface area contributed by atoms with Crippen LogP contribution in [0.1, 0.15) is 52.5 Å². The Bertz CT molecular complexity index is 1280. The number of amides is 1. The number of nitrogens with zero attached hydrogens (tertiary/aromatic N) is 4. The molecule has 1 fully saturated rings. The summed E-state index contributed by atoms with van der Waals surface area (Å²) in [6.07, 6.45) is 1.19. The molecule has 1 aliphatic rings. The van der Waals surface area contributed by atoms with Crippen LogP contribution in [0.4, 0.5) is 0 Å². The molecule has 1 N–H and O–H groups in total. The Morgan fingerprint density at radius 1 is 1.09 bits per heavy atom. The lowest BCUT2D eigenvalue weighted by atomic mass is 9.91. The maximum atomic E-state index is 13.2. The van der Waals surface area contributed by atoms with Crippen molar-refractivity contribution in [2.24, 2.45) is 18.9 Å². The van der Waals surface area contributed by atoms with Crippen LogP contribution < -0.4 is 11.0 Å². The fourth-order valence-electron chi connectivity index (χ4n) is 5.05. The third kappa shape index (κ3) is 4.48. The van der Waals surface area contributed by atoms with E-state index >= 15 is 0 Å². The molecule has 3 aromatic rings. The van der Waals surface area contributed by atoms with Gasteiger partial charge in [0.25, 0.3) is 11.5 Å². The van der Waals surface area contributed by atoms with Gasteiger partial charge in [-0.25, -0.2) is 4.68 Å². The van der Waals surface area contributed by atoms with Crippen LogP contribution in [0.15, 0.2) is 35.1 Å². The van der Waals surface area contributed by atoms with Crippen LogP contribution in [0.3, 0.4) is 0 Å². The summed E-state index contributed by atoms with van der Waals surface area (Å²) in [6, 6.07) is 8.74. The molecule has 3 heterocycles. The van der Waals surface area contributed by atoms with Crippen LogP contribution in [0, 0.1) is 25.7 Å². The quantitative estimate of drug-likeness (QED) is 0.605. The molecule has 0 unspecified atom stereocenters. The number of ketones is 1. The number of hydrogen-bond acceptors (Lipinski definition) is 5. The normalized spacial score (nSPS) is 19.1. The smallest absolute Gasteiger partial charge is 0.291 e. The van der Waals surface area contributed by atoms with E-state index in [9.17, 15) is 14.4 Å². The van der Waals surface area contributed by atoms with E-state index in [0.29, 0.717) is 40.4 Å². The largest absolute Gasteiger partial charge is 0.295 e. The number of piperidine rings is 1. The Morgan fingerprint density at radius 3 is 2.39 bits per heavy atom. The molecule has 2 aromatic heterocycles. The molecule has 4 rings (SSSR count). The Kier molecular flexibility index (Phi) is 6.21. The third-order valence-corrected chi connectivity index (χ3v) is 6.43. The molecule has 0 spiro atoms. The number of nitrogens with one attached hydrogen (secondary N) is 1. The summed E-state index contributed by atoms with van der Waals surface area (Å²) < 4.78 is 2.79. The van der Waals surface area contributed by atoms with Crippen LogP contribution in [-0.2, 0) is 7.05 Å². The lowest BCUT2D eigenvalue weighted by molar-refractivity contribution is 0.0848. The first-order valence-corrected chi connectivity index (χ1v) is 11.4. The van der Waals surface area contributed by atoms with E-state index in [1.54, 1.807) is 28.9 Å². The van der Waals surface area contributed by atoms with Crippen molar-refractivity contribution in [3.8, 4) is 0 Å². The van der Waals surface area contributed by atoms with Gasteiger partial charge in [-0.1, -0.05) is 32.0 Å². The Hall–Kier alpha value is -3.26. The number of benzene rings is 1. The van der Waals surface area contributed by atoms with Gasteiger partial charge in [-0.15, -0.1) is 0 Å². The summed E-state index contributed by atoms with van der Waals surface area (Å²) in [7, 11) is 1.52. The minimum absolute atomic E-state index is 0.0515. The minimum Gasteiger partial charge on any atom is -0.295 e.